The third kappa shape index (κ3) is 4.36. The zero-order valence-corrected chi connectivity index (χ0v) is 17.9. The average molecular weight is 411 g/mol. The van der Waals surface area contributed by atoms with Gasteiger partial charge in [0, 0.05) is 38.5 Å². The van der Waals surface area contributed by atoms with Crippen LogP contribution in [0.15, 0.2) is 24.4 Å². The number of hydrogen-bond donors (Lipinski definition) is 2. The van der Waals surface area contributed by atoms with Crippen molar-refractivity contribution in [2.75, 3.05) is 43.1 Å². The first-order chi connectivity index (χ1) is 14.7. The van der Waals surface area contributed by atoms with Crippen molar-refractivity contribution in [3.63, 3.8) is 0 Å². The highest BCUT2D eigenvalue weighted by atomic mass is 16.5. The number of fused-ring (bicyclic) bond motifs is 1. The number of anilines is 3. The van der Waals surface area contributed by atoms with Crippen molar-refractivity contribution in [1.29, 1.82) is 0 Å². The Labute approximate surface area is 176 Å². The molecule has 160 valence electrons. The van der Waals surface area contributed by atoms with Gasteiger partial charge in [-0.25, -0.2) is 9.97 Å². The molecule has 1 saturated heterocycles. The molecule has 4 heterocycles. The van der Waals surface area contributed by atoms with Crippen LogP contribution in [-0.4, -0.2) is 63.6 Å². The number of pyridine rings is 1. The van der Waals surface area contributed by atoms with Crippen LogP contribution in [0.5, 0.6) is 0 Å². The number of piperazine rings is 1. The Kier molecular flexibility index (Phi) is 6.39. The van der Waals surface area contributed by atoms with Crippen molar-refractivity contribution < 1.29 is 4.74 Å². The third-order valence-corrected chi connectivity index (χ3v) is 5.34. The topological polar surface area (TPSA) is 93.0 Å². The Morgan fingerprint density at radius 1 is 1.27 bits per heavy atom. The molecule has 3 aromatic rings. The number of ether oxygens (including phenoxy) is 1. The van der Waals surface area contributed by atoms with E-state index in [4.69, 9.17) is 19.8 Å². The largest absolute Gasteiger partial charge is 0.380 e. The van der Waals surface area contributed by atoms with Crippen LogP contribution in [0.2, 0.25) is 0 Å². The molecular weight excluding hydrogens is 380 g/mol. The van der Waals surface area contributed by atoms with Crippen LogP contribution < -0.4 is 15.5 Å². The number of aryl methyl sites for hydroxylation is 1. The van der Waals surface area contributed by atoms with Gasteiger partial charge in [0.15, 0.2) is 5.82 Å². The lowest BCUT2D eigenvalue weighted by molar-refractivity contribution is 0.137. The lowest BCUT2D eigenvalue weighted by Gasteiger charge is -2.33. The predicted octanol–water partition coefficient (Wildman–Crippen LogP) is 2.50. The lowest BCUT2D eigenvalue weighted by Crippen LogP contribution is -2.51. The fraction of sp³-hybridized carbons (Fsp3) is 0.524. The van der Waals surface area contributed by atoms with Crippen molar-refractivity contribution >= 4 is 28.6 Å². The van der Waals surface area contributed by atoms with E-state index in [1.165, 1.54) is 0 Å². The van der Waals surface area contributed by atoms with Gasteiger partial charge in [-0.2, -0.15) is 10.1 Å². The summed E-state index contributed by atoms with van der Waals surface area (Å²) in [5, 5.41) is 11.7. The molecule has 3 aromatic heterocycles. The first kappa shape index (κ1) is 20.5. The number of rotatable bonds is 8. The van der Waals surface area contributed by atoms with Crippen molar-refractivity contribution in [2.45, 2.75) is 39.8 Å². The molecule has 9 nitrogen and oxygen atoms in total. The fourth-order valence-electron chi connectivity index (χ4n) is 3.74. The highest BCUT2D eigenvalue weighted by molar-refractivity contribution is 5.90. The van der Waals surface area contributed by atoms with E-state index in [1.54, 1.807) is 6.20 Å². The summed E-state index contributed by atoms with van der Waals surface area (Å²) >= 11 is 0. The average Bonchev–Trinajstić information content (AvgIpc) is 3.10. The Morgan fingerprint density at radius 3 is 2.93 bits per heavy atom. The van der Waals surface area contributed by atoms with Crippen LogP contribution in [0.25, 0.3) is 11.0 Å². The van der Waals surface area contributed by atoms with Crippen LogP contribution in [-0.2, 0) is 11.3 Å². The molecule has 1 aliphatic heterocycles. The molecule has 0 amide bonds. The van der Waals surface area contributed by atoms with E-state index < -0.39 is 0 Å². The highest BCUT2D eigenvalue weighted by Gasteiger charge is 2.23. The number of nitrogens with one attached hydrogen (secondary N) is 2. The summed E-state index contributed by atoms with van der Waals surface area (Å²) in [6.07, 6.45) is 2.84. The molecule has 0 aliphatic carbocycles. The van der Waals surface area contributed by atoms with E-state index >= 15 is 0 Å². The molecule has 0 bridgehead atoms. The molecule has 0 unspecified atom stereocenters. The van der Waals surface area contributed by atoms with Gasteiger partial charge in [-0.15, -0.1) is 0 Å². The number of aromatic nitrogens is 5. The molecule has 30 heavy (non-hydrogen) atoms. The first-order valence-electron chi connectivity index (χ1n) is 10.7. The van der Waals surface area contributed by atoms with Crippen molar-refractivity contribution in [3.05, 3.63) is 30.1 Å². The van der Waals surface area contributed by atoms with Gasteiger partial charge in [0.25, 0.3) is 0 Å². The summed E-state index contributed by atoms with van der Waals surface area (Å²) in [6, 6.07) is 6.22. The van der Waals surface area contributed by atoms with E-state index in [0.717, 1.165) is 60.4 Å². The van der Waals surface area contributed by atoms with Crippen molar-refractivity contribution in [1.82, 2.24) is 30.0 Å². The quantitative estimate of drug-likeness (QED) is 0.547. The molecule has 9 heteroatoms. The Bertz CT molecular complexity index is 974. The maximum absolute atomic E-state index is 5.55. The third-order valence-electron chi connectivity index (χ3n) is 5.34. The van der Waals surface area contributed by atoms with Gasteiger partial charge in [0.2, 0.25) is 5.95 Å². The fourth-order valence-corrected chi connectivity index (χ4v) is 3.74. The van der Waals surface area contributed by atoms with Crippen LogP contribution in [0.3, 0.4) is 0 Å². The molecule has 1 fully saturated rings. The summed E-state index contributed by atoms with van der Waals surface area (Å²) in [4.78, 5) is 16.5. The second-order valence-corrected chi connectivity index (χ2v) is 7.42. The normalized spacial score (nSPS) is 16.9. The van der Waals surface area contributed by atoms with E-state index in [-0.39, 0.29) is 0 Å². The van der Waals surface area contributed by atoms with Gasteiger partial charge < -0.3 is 20.3 Å². The molecule has 1 aliphatic rings. The zero-order chi connectivity index (χ0) is 20.9. The van der Waals surface area contributed by atoms with Crippen LogP contribution in [0, 0.1) is 6.92 Å². The van der Waals surface area contributed by atoms with Gasteiger partial charge in [-0.3, -0.25) is 4.68 Å². The molecule has 1 atom stereocenters. The van der Waals surface area contributed by atoms with E-state index in [0.29, 0.717) is 25.8 Å². The first-order valence-corrected chi connectivity index (χ1v) is 10.7. The zero-order valence-electron chi connectivity index (χ0n) is 17.9. The molecule has 0 saturated carbocycles. The highest BCUT2D eigenvalue weighted by Crippen LogP contribution is 2.28. The Balaban J connectivity index is 1.76. The maximum Gasteiger partial charge on any atom is 0.228 e. The summed E-state index contributed by atoms with van der Waals surface area (Å²) in [6.45, 7) is 10.8. The van der Waals surface area contributed by atoms with Gasteiger partial charge in [-0.05, 0) is 32.4 Å². The summed E-state index contributed by atoms with van der Waals surface area (Å²) in [5.74, 6) is 2.19. The van der Waals surface area contributed by atoms with Gasteiger partial charge in [0.05, 0.1) is 18.8 Å². The Morgan fingerprint density at radius 2 is 2.17 bits per heavy atom. The predicted molar refractivity (Wildman–Crippen MR) is 118 cm³/mol. The van der Waals surface area contributed by atoms with E-state index in [2.05, 4.69) is 27.4 Å². The lowest BCUT2D eigenvalue weighted by atomic mass is 10.1. The minimum Gasteiger partial charge on any atom is -0.380 e. The Hall–Kier alpha value is -2.78. The molecule has 0 spiro atoms. The van der Waals surface area contributed by atoms with Crippen molar-refractivity contribution in [2.24, 2.45) is 0 Å². The van der Waals surface area contributed by atoms with Crippen LogP contribution in [0.4, 0.5) is 17.6 Å². The minimum atomic E-state index is 0.445. The summed E-state index contributed by atoms with van der Waals surface area (Å²) in [7, 11) is 0. The monoisotopic (exact) mass is 410 g/mol. The summed E-state index contributed by atoms with van der Waals surface area (Å²) in [5.41, 5.74) is 2.63. The summed E-state index contributed by atoms with van der Waals surface area (Å²) < 4.78 is 7.48. The van der Waals surface area contributed by atoms with Crippen LogP contribution >= 0.6 is 0 Å². The number of hydrogen-bond acceptors (Lipinski definition) is 8. The molecule has 4 rings (SSSR count). The van der Waals surface area contributed by atoms with Gasteiger partial charge >= 0.3 is 0 Å². The number of nitrogens with zero attached hydrogens (tertiary/aromatic N) is 6. The van der Waals surface area contributed by atoms with Crippen LogP contribution in [0.1, 0.15) is 26.0 Å². The second-order valence-electron chi connectivity index (χ2n) is 7.42. The maximum atomic E-state index is 5.55. The molecular formula is C21H30N8O. The molecule has 2 N–H and O–H groups in total. The van der Waals surface area contributed by atoms with Gasteiger partial charge in [-0.1, -0.05) is 13.0 Å². The standard InChI is InChI=1S/C21H30N8O/c1-4-16-14-28(11-10-22-16)21-25-18-15(3)27-29(12-13-30-5-2)19(18)20(26-21)24-17-8-6-7-9-23-17/h6-9,16,22H,4-5,10-14H2,1-3H3,(H,23,24,25,26)/t16-/m1/s1. The SMILES string of the molecule is CCOCCn1nc(C)c2nc(N3CCN[C@H](CC)C3)nc(Nc3ccccn3)c21. The minimum absolute atomic E-state index is 0.445. The molecule has 0 aromatic carbocycles. The smallest absolute Gasteiger partial charge is 0.228 e. The van der Waals surface area contributed by atoms with E-state index in [1.807, 2.05) is 36.7 Å². The van der Waals surface area contributed by atoms with Crippen molar-refractivity contribution in [3.8, 4) is 0 Å². The second kappa shape index (κ2) is 9.36. The molecule has 0 radical (unpaired) electrons. The van der Waals surface area contributed by atoms with Gasteiger partial charge in [0.1, 0.15) is 16.9 Å². The van der Waals surface area contributed by atoms with E-state index in [9.17, 15) is 0 Å².